The molecule has 0 spiro atoms. The molecule has 0 saturated carbocycles. The number of aryl methyl sites for hydroxylation is 2. The maximum absolute atomic E-state index is 12.6. The SMILES string of the molecule is COC(=O)c1ccn2c(=O)c3c(nc2c1)CCCCCC3.O=C(O)c1ccn2c(=O)c3c(nc2c1)CCCCCC3. The lowest BCUT2D eigenvalue weighted by atomic mass is 9.98. The first-order valence-electron chi connectivity index (χ1n) is 14.3. The van der Waals surface area contributed by atoms with E-state index in [0.29, 0.717) is 16.9 Å². The number of ether oxygens (including phenoxy) is 1. The molecule has 4 aromatic heterocycles. The average molecular weight is 559 g/mol. The van der Waals surface area contributed by atoms with Crippen LogP contribution in [0, 0.1) is 0 Å². The molecule has 0 fully saturated rings. The normalized spacial score (nSPS) is 15.2. The van der Waals surface area contributed by atoms with Crippen LogP contribution >= 0.6 is 0 Å². The van der Waals surface area contributed by atoms with Gasteiger partial charge in [0.05, 0.1) is 29.6 Å². The molecule has 10 heteroatoms. The standard InChI is InChI=1S/C16H18N2O3.C15H16N2O3/c1-21-16(20)11-8-9-18-14(10-11)17-13-7-5-3-2-4-6-12(13)15(18)19;18-14-11-5-3-1-2-4-6-12(11)16-13-9-10(15(19)20)7-8-17(13)14/h8-10H,2-7H2,1H3;7-9H,1-6H2,(H,19,20). The Hall–Kier alpha value is -4.34. The van der Waals surface area contributed by atoms with Crippen molar-refractivity contribution in [2.45, 2.75) is 77.0 Å². The van der Waals surface area contributed by atoms with Gasteiger partial charge in [-0.3, -0.25) is 18.4 Å². The van der Waals surface area contributed by atoms with Crippen LogP contribution in [0.15, 0.2) is 46.2 Å². The van der Waals surface area contributed by atoms with Crippen molar-refractivity contribution >= 4 is 23.2 Å². The number of esters is 1. The molecule has 1 N–H and O–H groups in total. The fourth-order valence-electron chi connectivity index (χ4n) is 5.63. The Morgan fingerprint density at radius 3 is 1.61 bits per heavy atom. The van der Waals surface area contributed by atoms with Gasteiger partial charge in [-0.2, -0.15) is 0 Å². The van der Waals surface area contributed by atoms with E-state index in [-0.39, 0.29) is 16.7 Å². The van der Waals surface area contributed by atoms with Crippen LogP contribution in [-0.4, -0.2) is 42.9 Å². The van der Waals surface area contributed by atoms with Crippen molar-refractivity contribution < 1.29 is 19.4 Å². The van der Waals surface area contributed by atoms with E-state index < -0.39 is 11.9 Å². The van der Waals surface area contributed by atoms with Crippen LogP contribution in [0.3, 0.4) is 0 Å². The van der Waals surface area contributed by atoms with Crippen molar-refractivity contribution in [1.29, 1.82) is 0 Å². The van der Waals surface area contributed by atoms with Crippen molar-refractivity contribution in [3.05, 3.63) is 91.0 Å². The van der Waals surface area contributed by atoms with Crippen molar-refractivity contribution in [3.8, 4) is 0 Å². The van der Waals surface area contributed by atoms with Gasteiger partial charge >= 0.3 is 11.9 Å². The second kappa shape index (κ2) is 12.4. The fourth-order valence-corrected chi connectivity index (χ4v) is 5.63. The van der Waals surface area contributed by atoms with Crippen molar-refractivity contribution in [1.82, 2.24) is 18.8 Å². The molecule has 0 aromatic carbocycles. The number of carboxylic acids is 1. The van der Waals surface area contributed by atoms with E-state index in [4.69, 9.17) is 9.84 Å². The molecule has 2 aliphatic rings. The van der Waals surface area contributed by atoms with E-state index in [1.807, 2.05) is 0 Å². The zero-order valence-corrected chi connectivity index (χ0v) is 23.2. The second-order valence-electron chi connectivity index (χ2n) is 10.6. The molecule has 0 saturated heterocycles. The number of hydrogen-bond donors (Lipinski definition) is 1. The summed E-state index contributed by atoms with van der Waals surface area (Å²) in [5, 5.41) is 9.02. The zero-order valence-electron chi connectivity index (χ0n) is 23.2. The van der Waals surface area contributed by atoms with E-state index >= 15 is 0 Å². The van der Waals surface area contributed by atoms with Gasteiger partial charge in [-0.15, -0.1) is 0 Å². The van der Waals surface area contributed by atoms with Crippen LogP contribution in [0.1, 0.15) is 94.6 Å². The number of carboxylic acid groups (broad SMARTS) is 1. The van der Waals surface area contributed by atoms with E-state index in [1.54, 1.807) is 18.3 Å². The summed E-state index contributed by atoms with van der Waals surface area (Å²) >= 11 is 0. The minimum absolute atomic E-state index is 0.00619. The summed E-state index contributed by atoms with van der Waals surface area (Å²) in [6, 6.07) is 6.11. The molecule has 0 radical (unpaired) electrons. The summed E-state index contributed by atoms with van der Waals surface area (Å²) in [6.07, 6.45) is 15.1. The number of nitrogens with zero attached hydrogens (tertiary/aromatic N) is 4. The molecule has 41 heavy (non-hydrogen) atoms. The number of methoxy groups -OCH3 is 1. The van der Waals surface area contributed by atoms with Gasteiger partial charge < -0.3 is 9.84 Å². The number of carbonyl (C=O) groups is 2. The smallest absolute Gasteiger partial charge is 0.338 e. The topological polar surface area (TPSA) is 132 Å². The van der Waals surface area contributed by atoms with E-state index in [0.717, 1.165) is 86.7 Å². The Labute approximate surface area is 236 Å². The van der Waals surface area contributed by atoms with Gasteiger partial charge in [0.1, 0.15) is 11.3 Å². The number of rotatable bonds is 2. The lowest BCUT2D eigenvalue weighted by Gasteiger charge is -2.14. The van der Waals surface area contributed by atoms with Crippen LogP contribution in [-0.2, 0) is 30.4 Å². The van der Waals surface area contributed by atoms with Gasteiger partial charge in [-0.1, -0.05) is 25.7 Å². The Kier molecular flexibility index (Phi) is 8.56. The number of pyridine rings is 2. The molecule has 10 nitrogen and oxygen atoms in total. The van der Waals surface area contributed by atoms with E-state index in [2.05, 4.69) is 9.97 Å². The van der Waals surface area contributed by atoms with Gasteiger partial charge in [0.2, 0.25) is 0 Å². The summed E-state index contributed by atoms with van der Waals surface area (Å²) in [5.41, 5.74) is 4.81. The van der Waals surface area contributed by atoms with Gasteiger partial charge in [-0.05, 0) is 75.6 Å². The summed E-state index contributed by atoms with van der Waals surface area (Å²) in [4.78, 5) is 56.8. The third-order valence-electron chi connectivity index (χ3n) is 7.87. The molecule has 2 aliphatic carbocycles. The summed E-state index contributed by atoms with van der Waals surface area (Å²) < 4.78 is 7.68. The van der Waals surface area contributed by atoms with Gasteiger partial charge in [0.15, 0.2) is 0 Å². The molecule has 0 atom stereocenters. The van der Waals surface area contributed by atoms with Gasteiger partial charge in [0, 0.05) is 23.5 Å². The number of hydrogen-bond acceptors (Lipinski definition) is 7. The molecule has 6 rings (SSSR count). The Bertz CT molecular complexity index is 1740. The molecule has 4 aromatic rings. The number of fused-ring (bicyclic) bond motifs is 4. The zero-order chi connectivity index (χ0) is 28.9. The third kappa shape index (κ3) is 6.06. The van der Waals surface area contributed by atoms with Crippen molar-refractivity contribution in [3.63, 3.8) is 0 Å². The van der Waals surface area contributed by atoms with Crippen LogP contribution in [0.25, 0.3) is 11.3 Å². The second-order valence-corrected chi connectivity index (χ2v) is 10.6. The molecular weight excluding hydrogens is 524 g/mol. The van der Waals surface area contributed by atoms with Crippen LogP contribution in [0.4, 0.5) is 0 Å². The first-order valence-corrected chi connectivity index (χ1v) is 14.3. The maximum Gasteiger partial charge on any atom is 0.338 e. The minimum Gasteiger partial charge on any atom is -0.478 e. The molecule has 4 heterocycles. The van der Waals surface area contributed by atoms with E-state index in [1.165, 1.54) is 47.1 Å². The Balaban J connectivity index is 0.000000165. The van der Waals surface area contributed by atoms with Gasteiger partial charge in [-0.25, -0.2) is 19.6 Å². The molecule has 0 aliphatic heterocycles. The average Bonchev–Trinajstić information content (AvgIpc) is 2.94. The summed E-state index contributed by atoms with van der Waals surface area (Å²) in [7, 11) is 1.34. The summed E-state index contributed by atoms with van der Waals surface area (Å²) in [6.45, 7) is 0. The monoisotopic (exact) mass is 558 g/mol. The predicted octanol–water partition coefficient (Wildman–Crippen LogP) is 4.19. The third-order valence-corrected chi connectivity index (χ3v) is 7.87. The Morgan fingerprint density at radius 2 is 1.15 bits per heavy atom. The molecule has 214 valence electrons. The lowest BCUT2D eigenvalue weighted by molar-refractivity contribution is 0.0599. The predicted molar refractivity (Wildman–Crippen MR) is 153 cm³/mol. The highest BCUT2D eigenvalue weighted by Gasteiger charge is 2.17. The number of aromatic carboxylic acids is 1. The molecular formula is C31H34N4O6. The van der Waals surface area contributed by atoms with Crippen molar-refractivity contribution in [2.75, 3.05) is 7.11 Å². The quantitative estimate of drug-likeness (QED) is 0.362. The Morgan fingerprint density at radius 1 is 0.707 bits per heavy atom. The highest BCUT2D eigenvalue weighted by atomic mass is 16.5. The largest absolute Gasteiger partial charge is 0.478 e. The van der Waals surface area contributed by atoms with Crippen LogP contribution < -0.4 is 11.1 Å². The first kappa shape index (κ1) is 28.2. The van der Waals surface area contributed by atoms with Crippen LogP contribution in [0.2, 0.25) is 0 Å². The fraction of sp³-hybridized carbons (Fsp3) is 0.419. The maximum atomic E-state index is 12.6. The molecule has 0 amide bonds. The van der Waals surface area contributed by atoms with Gasteiger partial charge in [0.25, 0.3) is 11.1 Å². The van der Waals surface area contributed by atoms with Crippen molar-refractivity contribution in [2.24, 2.45) is 0 Å². The highest BCUT2D eigenvalue weighted by Crippen LogP contribution is 2.18. The number of aromatic nitrogens is 4. The summed E-state index contributed by atoms with van der Waals surface area (Å²) in [5.74, 6) is -1.42. The first-order chi connectivity index (χ1) is 19.9. The highest BCUT2D eigenvalue weighted by molar-refractivity contribution is 5.90. The molecule has 0 unspecified atom stereocenters. The van der Waals surface area contributed by atoms with Crippen LogP contribution in [0.5, 0.6) is 0 Å². The van der Waals surface area contributed by atoms with E-state index in [9.17, 15) is 19.2 Å². The number of carbonyl (C=O) groups excluding carboxylic acids is 1. The lowest BCUT2D eigenvalue weighted by Crippen LogP contribution is -2.23. The minimum atomic E-state index is -1.01. The molecule has 0 bridgehead atoms.